The van der Waals surface area contributed by atoms with E-state index in [1.54, 1.807) is 18.3 Å². The average Bonchev–Trinajstić information content (AvgIpc) is 2.37. The second-order valence-electron chi connectivity index (χ2n) is 3.55. The van der Waals surface area contributed by atoms with Crippen LogP contribution in [0.3, 0.4) is 0 Å². The lowest BCUT2D eigenvalue weighted by molar-refractivity contribution is 0.628. The van der Waals surface area contributed by atoms with E-state index in [1.165, 1.54) is 18.2 Å². The van der Waals surface area contributed by atoms with Gasteiger partial charge in [-0.2, -0.15) is 0 Å². The summed E-state index contributed by atoms with van der Waals surface area (Å²) in [5.74, 6) is -0.485. The summed E-state index contributed by atoms with van der Waals surface area (Å²) in [5, 5.41) is 6.38. The average molecular weight is 316 g/mol. The maximum Gasteiger partial charge on any atom is 0.175 e. The predicted molar refractivity (Wildman–Crippen MR) is 80.5 cm³/mol. The minimum absolute atomic E-state index is 0.0206. The Bertz CT molecular complexity index is 622. The molecule has 2 aromatic rings. The molecule has 0 bridgehead atoms. The number of benzene rings is 1. The number of halogens is 3. The van der Waals surface area contributed by atoms with Gasteiger partial charge in [0, 0.05) is 11.9 Å². The minimum atomic E-state index is -0.485. The van der Waals surface area contributed by atoms with Crippen molar-refractivity contribution in [2.45, 2.75) is 0 Å². The number of anilines is 2. The normalized spacial score (nSPS) is 10.1. The van der Waals surface area contributed by atoms with Gasteiger partial charge in [-0.1, -0.05) is 23.2 Å². The van der Waals surface area contributed by atoms with Gasteiger partial charge in [0.15, 0.2) is 10.3 Å². The molecule has 0 saturated carbocycles. The first kappa shape index (κ1) is 14.0. The van der Waals surface area contributed by atoms with Crippen molar-refractivity contribution in [3.05, 3.63) is 52.5 Å². The summed E-state index contributed by atoms with van der Waals surface area (Å²) in [6, 6.07) is 7.69. The fourth-order valence-electron chi connectivity index (χ4n) is 1.34. The van der Waals surface area contributed by atoms with E-state index in [-0.39, 0.29) is 5.02 Å². The fraction of sp³-hybridized carbons (Fsp3) is 0. The molecule has 19 heavy (non-hydrogen) atoms. The quantitative estimate of drug-likeness (QED) is 0.638. The van der Waals surface area contributed by atoms with Gasteiger partial charge in [-0.15, -0.1) is 0 Å². The number of thiocarbonyl (C=S) groups is 1. The Balaban J connectivity index is 2.05. The highest BCUT2D eigenvalue weighted by atomic mass is 35.5. The summed E-state index contributed by atoms with van der Waals surface area (Å²) in [6.07, 6.45) is 1.57. The van der Waals surface area contributed by atoms with E-state index in [1.807, 2.05) is 0 Å². The van der Waals surface area contributed by atoms with Gasteiger partial charge >= 0.3 is 0 Å². The van der Waals surface area contributed by atoms with Crippen LogP contribution in [0.25, 0.3) is 0 Å². The van der Waals surface area contributed by atoms with Gasteiger partial charge in [0.25, 0.3) is 0 Å². The standard InChI is InChI=1S/C12H8Cl2FN3S/c13-8-6-7(3-4-9(8)15)17-12(19)18-10-2-1-5-16-11(10)14/h1-6H,(H2,17,18,19). The summed E-state index contributed by atoms with van der Waals surface area (Å²) >= 11 is 16.7. The molecule has 1 aromatic heterocycles. The van der Waals surface area contributed by atoms with Crippen molar-refractivity contribution in [2.75, 3.05) is 10.6 Å². The maximum absolute atomic E-state index is 13.0. The van der Waals surface area contributed by atoms with E-state index in [0.29, 0.717) is 21.6 Å². The minimum Gasteiger partial charge on any atom is -0.332 e. The molecule has 0 saturated heterocycles. The zero-order valence-corrected chi connectivity index (χ0v) is 11.8. The van der Waals surface area contributed by atoms with Crippen molar-refractivity contribution >= 4 is 51.9 Å². The highest BCUT2D eigenvalue weighted by Crippen LogP contribution is 2.21. The fourth-order valence-corrected chi connectivity index (χ4v) is 1.91. The van der Waals surface area contributed by atoms with Gasteiger partial charge in [0.2, 0.25) is 0 Å². The monoisotopic (exact) mass is 315 g/mol. The van der Waals surface area contributed by atoms with Crippen LogP contribution >= 0.6 is 35.4 Å². The van der Waals surface area contributed by atoms with E-state index < -0.39 is 5.82 Å². The van der Waals surface area contributed by atoms with Crippen LogP contribution in [-0.4, -0.2) is 10.1 Å². The molecule has 2 rings (SSSR count). The topological polar surface area (TPSA) is 37.0 Å². The Morgan fingerprint density at radius 1 is 1.21 bits per heavy atom. The Labute approximate surface area is 124 Å². The zero-order valence-electron chi connectivity index (χ0n) is 9.45. The summed E-state index contributed by atoms with van der Waals surface area (Å²) in [5.41, 5.74) is 1.15. The second kappa shape index (κ2) is 6.14. The number of hydrogen-bond donors (Lipinski definition) is 2. The smallest absolute Gasteiger partial charge is 0.175 e. The zero-order chi connectivity index (χ0) is 13.8. The van der Waals surface area contributed by atoms with E-state index >= 15 is 0 Å². The van der Waals surface area contributed by atoms with Gasteiger partial charge in [0.05, 0.1) is 10.7 Å². The van der Waals surface area contributed by atoms with Gasteiger partial charge in [-0.3, -0.25) is 0 Å². The molecule has 0 radical (unpaired) electrons. The molecule has 2 N–H and O–H groups in total. The van der Waals surface area contributed by atoms with Crippen LogP contribution in [0.4, 0.5) is 15.8 Å². The molecule has 98 valence electrons. The lowest BCUT2D eigenvalue weighted by Crippen LogP contribution is -2.19. The molecule has 0 aliphatic carbocycles. The van der Waals surface area contributed by atoms with Crippen LogP contribution in [0.5, 0.6) is 0 Å². The first-order valence-electron chi connectivity index (χ1n) is 5.20. The van der Waals surface area contributed by atoms with Gasteiger partial charge in [-0.25, -0.2) is 9.37 Å². The summed E-state index contributed by atoms with van der Waals surface area (Å²) in [4.78, 5) is 3.91. The van der Waals surface area contributed by atoms with Crippen molar-refractivity contribution in [3.63, 3.8) is 0 Å². The van der Waals surface area contributed by atoms with Crippen LogP contribution in [0.2, 0.25) is 10.2 Å². The Morgan fingerprint density at radius 3 is 2.68 bits per heavy atom. The summed E-state index contributed by atoms with van der Waals surface area (Å²) in [7, 11) is 0. The third-order valence-electron chi connectivity index (χ3n) is 2.18. The first-order chi connectivity index (χ1) is 9.06. The number of pyridine rings is 1. The van der Waals surface area contributed by atoms with E-state index in [9.17, 15) is 4.39 Å². The number of nitrogens with zero attached hydrogens (tertiary/aromatic N) is 1. The third-order valence-corrected chi connectivity index (χ3v) is 2.98. The van der Waals surface area contributed by atoms with Crippen molar-refractivity contribution in [2.24, 2.45) is 0 Å². The molecule has 1 heterocycles. The number of aromatic nitrogens is 1. The molecule has 0 aliphatic heterocycles. The highest BCUT2D eigenvalue weighted by molar-refractivity contribution is 7.80. The molecule has 0 unspecified atom stereocenters. The predicted octanol–water partition coefficient (Wildman–Crippen LogP) is 4.34. The van der Waals surface area contributed by atoms with Crippen LogP contribution in [0.15, 0.2) is 36.5 Å². The van der Waals surface area contributed by atoms with Crippen LogP contribution < -0.4 is 10.6 Å². The Morgan fingerprint density at radius 2 is 2.00 bits per heavy atom. The molecule has 3 nitrogen and oxygen atoms in total. The van der Waals surface area contributed by atoms with E-state index in [2.05, 4.69) is 15.6 Å². The number of nitrogens with one attached hydrogen (secondary N) is 2. The second-order valence-corrected chi connectivity index (χ2v) is 4.72. The Hall–Kier alpha value is -1.43. The SMILES string of the molecule is Fc1ccc(NC(=S)Nc2cccnc2Cl)cc1Cl. The molecular formula is C12H8Cl2FN3S. The third kappa shape index (κ3) is 3.76. The lowest BCUT2D eigenvalue weighted by Gasteiger charge is -2.11. The van der Waals surface area contributed by atoms with Crippen molar-refractivity contribution in [1.29, 1.82) is 0 Å². The van der Waals surface area contributed by atoms with Crippen LogP contribution in [0, 0.1) is 5.82 Å². The molecule has 7 heteroatoms. The van der Waals surface area contributed by atoms with Gasteiger partial charge in [0.1, 0.15) is 5.82 Å². The molecule has 0 fully saturated rings. The molecule has 0 spiro atoms. The van der Waals surface area contributed by atoms with Gasteiger partial charge in [-0.05, 0) is 42.5 Å². The summed E-state index contributed by atoms with van der Waals surface area (Å²) in [6.45, 7) is 0. The Kier molecular flexibility index (Phi) is 4.52. The molecule has 0 aliphatic rings. The van der Waals surface area contributed by atoms with Crippen LogP contribution in [-0.2, 0) is 0 Å². The van der Waals surface area contributed by atoms with Gasteiger partial charge < -0.3 is 10.6 Å². The molecule has 1 aromatic carbocycles. The lowest BCUT2D eigenvalue weighted by atomic mass is 10.3. The highest BCUT2D eigenvalue weighted by Gasteiger charge is 2.05. The molecule has 0 atom stereocenters. The number of rotatable bonds is 2. The largest absolute Gasteiger partial charge is 0.332 e. The summed E-state index contributed by atoms with van der Waals surface area (Å²) < 4.78 is 13.0. The van der Waals surface area contributed by atoms with E-state index in [4.69, 9.17) is 35.4 Å². The van der Waals surface area contributed by atoms with Crippen molar-refractivity contribution in [1.82, 2.24) is 4.98 Å². The van der Waals surface area contributed by atoms with Crippen molar-refractivity contribution < 1.29 is 4.39 Å². The molecule has 0 amide bonds. The van der Waals surface area contributed by atoms with Crippen molar-refractivity contribution in [3.8, 4) is 0 Å². The number of hydrogen-bond acceptors (Lipinski definition) is 2. The maximum atomic E-state index is 13.0. The van der Waals surface area contributed by atoms with Crippen LogP contribution in [0.1, 0.15) is 0 Å². The first-order valence-corrected chi connectivity index (χ1v) is 6.36. The molecular weight excluding hydrogens is 308 g/mol. The van der Waals surface area contributed by atoms with E-state index in [0.717, 1.165) is 0 Å².